The molecular weight excluding hydrogens is 529 g/mol. The lowest BCUT2D eigenvalue weighted by molar-refractivity contribution is -0.135. The molecule has 3 rings (SSSR count). The van der Waals surface area contributed by atoms with E-state index in [2.05, 4.69) is 67.1 Å². The summed E-state index contributed by atoms with van der Waals surface area (Å²) >= 11 is 0. The molecule has 0 aromatic heterocycles. The van der Waals surface area contributed by atoms with Gasteiger partial charge in [0.25, 0.3) is 0 Å². The molecule has 0 spiro atoms. The normalized spacial score (nSPS) is 18.4. The molecule has 1 N–H and O–H groups in total. The third-order valence-electron chi connectivity index (χ3n) is 6.26. The Hall–Kier alpha value is -1.39. The second-order valence-electron chi connectivity index (χ2n) is 9.08. The van der Waals surface area contributed by atoms with Crippen LogP contribution in [0.2, 0.25) is 0 Å². The summed E-state index contributed by atoms with van der Waals surface area (Å²) in [6.45, 7) is 15.8. The molecule has 7 nitrogen and oxygen atoms in total. The Morgan fingerprint density at radius 3 is 2.33 bits per heavy atom. The highest BCUT2D eigenvalue weighted by Gasteiger charge is 2.30. The van der Waals surface area contributed by atoms with E-state index in [4.69, 9.17) is 9.73 Å². The molecule has 0 aliphatic carbocycles. The van der Waals surface area contributed by atoms with E-state index in [1.54, 1.807) is 0 Å². The molecule has 1 atom stereocenters. The second kappa shape index (κ2) is 14.1. The number of amides is 1. The maximum atomic E-state index is 12.8. The maximum Gasteiger partial charge on any atom is 0.239 e. The van der Waals surface area contributed by atoms with Crippen molar-refractivity contribution in [3.05, 3.63) is 35.4 Å². The minimum absolute atomic E-state index is 0. The van der Waals surface area contributed by atoms with Gasteiger partial charge < -0.3 is 19.9 Å². The number of halogens is 1. The smallest absolute Gasteiger partial charge is 0.239 e. The van der Waals surface area contributed by atoms with Crippen LogP contribution in [0.15, 0.2) is 29.3 Å². The van der Waals surface area contributed by atoms with Crippen molar-refractivity contribution in [3.8, 4) is 0 Å². The molecule has 1 amide bonds. The summed E-state index contributed by atoms with van der Waals surface area (Å²) in [5, 5.41) is 3.45. The van der Waals surface area contributed by atoms with Crippen LogP contribution < -0.4 is 5.32 Å². The van der Waals surface area contributed by atoms with E-state index < -0.39 is 0 Å². The molecule has 33 heavy (non-hydrogen) atoms. The number of likely N-dealkylation sites (tertiary alicyclic amines) is 1. The fourth-order valence-electron chi connectivity index (χ4n) is 4.35. The van der Waals surface area contributed by atoms with Gasteiger partial charge in [-0.15, -0.1) is 24.0 Å². The number of benzene rings is 1. The van der Waals surface area contributed by atoms with Gasteiger partial charge in [0, 0.05) is 45.8 Å². The molecular formula is C25H42IN5O2. The molecule has 0 saturated carbocycles. The van der Waals surface area contributed by atoms with Crippen molar-refractivity contribution in [3.63, 3.8) is 0 Å². The van der Waals surface area contributed by atoms with Crippen molar-refractivity contribution in [2.24, 2.45) is 4.99 Å². The van der Waals surface area contributed by atoms with Gasteiger partial charge in [0.15, 0.2) is 5.96 Å². The number of aliphatic imine (C=N–C) groups is 1. The Morgan fingerprint density at radius 2 is 1.70 bits per heavy atom. The highest BCUT2D eigenvalue weighted by atomic mass is 127. The molecule has 186 valence electrons. The number of guanidine groups is 1. The average Bonchev–Trinajstić information content (AvgIpc) is 3.35. The van der Waals surface area contributed by atoms with Crippen LogP contribution in [0.3, 0.4) is 0 Å². The van der Waals surface area contributed by atoms with Crippen LogP contribution in [0.4, 0.5) is 0 Å². The summed E-state index contributed by atoms with van der Waals surface area (Å²) in [6, 6.07) is 8.44. The predicted octanol–water partition coefficient (Wildman–Crippen LogP) is 3.32. The fraction of sp³-hybridized carbons (Fsp3) is 0.680. The lowest BCUT2D eigenvalue weighted by atomic mass is 10.1. The van der Waals surface area contributed by atoms with E-state index in [1.807, 2.05) is 4.90 Å². The first-order valence-electron chi connectivity index (χ1n) is 12.2. The van der Waals surface area contributed by atoms with Crippen LogP contribution in [0, 0.1) is 0 Å². The Balaban J connectivity index is 0.00000385. The third kappa shape index (κ3) is 8.40. The molecule has 2 saturated heterocycles. The number of nitrogens with zero attached hydrogens (tertiary/aromatic N) is 4. The summed E-state index contributed by atoms with van der Waals surface area (Å²) in [7, 11) is 0. The number of carbonyl (C=O) groups excluding carboxylic acids is 1. The van der Waals surface area contributed by atoms with Gasteiger partial charge in [0.1, 0.15) is 0 Å². The number of rotatable bonds is 8. The van der Waals surface area contributed by atoms with E-state index in [9.17, 15) is 4.79 Å². The largest absolute Gasteiger partial charge is 0.374 e. The van der Waals surface area contributed by atoms with Crippen LogP contribution in [0.25, 0.3) is 0 Å². The van der Waals surface area contributed by atoms with Crippen molar-refractivity contribution in [1.82, 2.24) is 20.0 Å². The van der Waals surface area contributed by atoms with Gasteiger partial charge in [-0.05, 0) is 51.7 Å². The SMILES string of the molecule is CCNC(=NCc1cccc(COC(C)C)c1)N1CCN(C(C)C(=O)N2CCCC2)CC1.I. The minimum Gasteiger partial charge on any atom is -0.374 e. The van der Waals surface area contributed by atoms with Crippen LogP contribution in [-0.2, 0) is 22.7 Å². The Morgan fingerprint density at radius 1 is 1.03 bits per heavy atom. The van der Waals surface area contributed by atoms with Gasteiger partial charge in [-0.3, -0.25) is 9.69 Å². The van der Waals surface area contributed by atoms with Crippen molar-refractivity contribution in [1.29, 1.82) is 0 Å². The highest BCUT2D eigenvalue weighted by molar-refractivity contribution is 14.0. The number of hydrogen-bond donors (Lipinski definition) is 1. The van der Waals surface area contributed by atoms with Crippen molar-refractivity contribution in [2.75, 3.05) is 45.8 Å². The zero-order valence-electron chi connectivity index (χ0n) is 20.8. The van der Waals surface area contributed by atoms with Gasteiger partial charge >= 0.3 is 0 Å². The van der Waals surface area contributed by atoms with E-state index in [-0.39, 0.29) is 42.0 Å². The van der Waals surface area contributed by atoms with Crippen molar-refractivity contribution < 1.29 is 9.53 Å². The first-order valence-corrected chi connectivity index (χ1v) is 12.2. The molecule has 2 aliphatic heterocycles. The quantitative estimate of drug-likeness (QED) is 0.295. The zero-order chi connectivity index (χ0) is 22.9. The highest BCUT2D eigenvalue weighted by Crippen LogP contribution is 2.14. The number of ether oxygens (including phenoxy) is 1. The molecule has 0 bridgehead atoms. The van der Waals surface area contributed by atoms with Crippen LogP contribution in [0.1, 0.15) is 51.7 Å². The molecule has 2 heterocycles. The summed E-state index contributed by atoms with van der Waals surface area (Å²) in [4.78, 5) is 24.3. The van der Waals surface area contributed by atoms with Gasteiger partial charge in [0.05, 0.1) is 25.3 Å². The predicted molar refractivity (Wildman–Crippen MR) is 145 cm³/mol. The van der Waals surface area contributed by atoms with E-state index in [0.29, 0.717) is 13.2 Å². The lowest BCUT2D eigenvalue weighted by Crippen LogP contribution is -2.57. The first-order chi connectivity index (χ1) is 15.5. The van der Waals surface area contributed by atoms with Crippen molar-refractivity contribution in [2.45, 2.75) is 65.8 Å². The van der Waals surface area contributed by atoms with E-state index in [0.717, 1.165) is 64.6 Å². The van der Waals surface area contributed by atoms with E-state index in [1.165, 1.54) is 11.1 Å². The molecule has 1 aromatic rings. The number of piperazine rings is 1. The Labute approximate surface area is 216 Å². The van der Waals surface area contributed by atoms with E-state index >= 15 is 0 Å². The van der Waals surface area contributed by atoms with Crippen LogP contribution in [0.5, 0.6) is 0 Å². The van der Waals surface area contributed by atoms with Gasteiger partial charge in [0.2, 0.25) is 5.91 Å². The molecule has 0 radical (unpaired) electrons. The van der Waals surface area contributed by atoms with Gasteiger partial charge in [-0.1, -0.05) is 24.3 Å². The average molecular weight is 572 g/mol. The Bertz CT molecular complexity index is 759. The fourth-order valence-corrected chi connectivity index (χ4v) is 4.35. The first kappa shape index (κ1) is 27.9. The summed E-state index contributed by atoms with van der Waals surface area (Å²) < 4.78 is 5.73. The standard InChI is InChI=1S/C25H41N5O2.HI/c1-5-26-25(27-18-22-9-8-10-23(17-22)19-32-20(2)3)30-15-13-28(14-16-30)21(4)24(31)29-11-6-7-12-29;/h8-10,17,20-21H,5-7,11-16,18-19H2,1-4H3,(H,26,27);1H. The third-order valence-corrected chi connectivity index (χ3v) is 6.26. The zero-order valence-corrected chi connectivity index (χ0v) is 23.1. The summed E-state index contributed by atoms with van der Waals surface area (Å²) in [6.07, 6.45) is 2.51. The number of carbonyl (C=O) groups is 1. The maximum absolute atomic E-state index is 12.8. The molecule has 8 heteroatoms. The molecule has 1 aromatic carbocycles. The van der Waals surface area contributed by atoms with Crippen LogP contribution in [-0.4, -0.2) is 84.5 Å². The summed E-state index contributed by atoms with van der Waals surface area (Å²) in [5.41, 5.74) is 2.37. The van der Waals surface area contributed by atoms with Gasteiger partial charge in [-0.2, -0.15) is 0 Å². The molecule has 1 unspecified atom stereocenters. The molecule has 2 fully saturated rings. The number of nitrogens with one attached hydrogen (secondary N) is 1. The van der Waals surface area contributed by atoms with Crippen LogP contribution >= 0.6 is 24.0 Å². The lowest BCUT2D eigenvalue weighted by Gasteiger charge is -2.39. The number of hydrogen-bond acceptors (Lipinski definition) is 4. The van der Waals surface area contributed by atoms with Crippen molar-refractivity contribution >= 4 is 35.8 Å². The topological polar surface area (TPSA) is 60.4 Å². The van der Waals surface area contributed by atoms with Gasteiger partial charge in [-0.25, -0.2) is 4.99 Å². The monoisotopic (exact) mass is 571 g/mol. The minimum atomic E-state index is -0.0365. The second-order valence-corrected chi connectivity index (χ2v) is 9.08. The Kier molecular flexibility index (Phi) is 11.9. The summed E-state index contributed by atoms with van der Waals surface area (Å²) in [5.74, 6) is 1.24. The molecule has 2 aliphatic rings.